The quantitative estimate of drug-likeness (QED) is 0.0504. The van der Waals surface area contributed by atoms with Crippen molar-refractivity contribution < 1.29 is 117 Å². The maximum atomic E-state index is 12.5. The van der Waals surface area contributed by atoms with Gasteiger partial charge in [-0.2, -0.15) is 0 Å². The number of nitrogens with one attached hydrogen (secondary N) is 1. The van der Waals surface area contributed by atoms with Crippen molar-refractivity contribution in [2.45, 2.75) is 149 Å². The average molecular weight is 912 g/mol. The zero-order valence-corrected chi connectivity index (χ0v) is 33.5. The number of hydrogen-bond acceptors (Lipinski definition) is 24. The zero-order chi connectivity index (χ0) is 45.5. The molecule has 0 bridgehead atoms. The first-order valence-corrected chi connectivity index (χ1v) is 21.1. The van der Waals surface area contributed by atoms with Gasteiger partial charge in [-0.05, 0) is 12.8 Å². The van der Waals surface area contributed by atoms with Crippen molar-refractivity contribution >= 4 is 27.7 Å². The lowest BCUT2D eigenvalue weighted by Crippen LogP contribution is -2.69. The number of ether oxygens (including phenoxy) is 8. The van der Waals surface area contributed by atoms with Crippen LogP contribution < -0.4 is 16.8 Å². The molecule has 0 aromatic rings. The van der Waals surface area contributed by atoms with Crippen LogP contribution in [-0.4, -0.2) is 243 Å². The molecule has 1 amide bonds. The number of aliphatic hydroxyl groups is 9. The maximum Gasteiger partial charge on any atom is 0.335 e. The summed E-state index contributed by atoms with van der Waals surface area (Å²) >= 11 is 0. The Hall–Kier alpha value is -2.40. The number of carbonyl (C=O) groups excluding carboxylic acids is 1. The number of carboxylic acids is 2. The molecule has 16 N–H and O–H groups in total. The van der Waals surface area contributed by atoms with E-state index in [1.807, 2.05) is 0 Å². The second-order valence-corrected chi connectivity index (χ2v) is 17.2. The number of amides is 1. The molecule has 4 aliphatic heterocycles. The Morgan fingerprint density at radius 2 is 1.15 bits per heavy atom. The minimum Gasteiger partial charge on any atom is -0.479 e. The molecule has 354 valence electrons. The highest BCUT2D eigenvalue weighted by Gasteiger charge is 2.56. The highest BCUT2D eigenvalue weighted by atomic mass is 32.2. The van der Waals surface area contributed by atoms with E-state index >= 15 is 0 Å². The van der Waals surface area contributed by atoms with Crippen molar-refractivity contribution in [3.63, 3.8) is 0 Å². The van der Waals surface area contributed by atoms with Crippen LogP contribution in [0.25, 0.3) is 0 Å². The van der Waals surface area contributed by atoms with E-state index < -0.39 is 164 Å². The van der Waals surface area contributed by atoms with E-state index in [0.717, 1.165) is 6.92 Å². The topological polar surface area (TPSA) is 446 Å². The highest BCUT2D eigenvalue weighted by Crippen LogP contribution is 2.34. The number of carboxylic acid groups (broad SMARTS) is 2. The Balaban J connectivity index is 1.43. The Labute approximate surface area is 347 Å². The first-order chi connectivity index (χ1) is 28.7. The standard InChI is InChI=1S/C33H57N3O24S/c1-11(39)36-15-17(41)24(13(10-38)55-31(15)53-6-3-2-4-7-61(51,52)8-5-34)57-33-22(46)20(44)25(27(60-33)29(49)50)58-30-14(35)16(40)23(12(9-37)54-30)56-32-21(45)18(42)19(43)26(59-32)28(47)48/h12-27,30-33,37-38,40-46H,2-10,34-35H2,1H3,(H,36,39)(H,47,48)(H,49,50)/t12-,13-,14-,15-,16-,17-,18+,19+,20-,21-,22-,23-,24-,25+,26-,27+,30-,31+,32-,33-/m1/s1. The largest absolute Gasteiger partial charge is 0.479 e. The van der Waals surface area contributed by atoms with Crippen LogP contribution in [0.5, 0.6) is 0 Å². The van der Waals surface area contributed by atoms with Gasteiger partial charge in [-0.3, -0.25) is 4.79 Å². The summed E-state index contributed by atoms with van der Waals surface area (Å²) in [5, 5.41) is 117. The van der Waals surface area contributed by atoms with Gasteiger partial charge in [-0.15, -0.1) is 0 Å². The molecule has 0 aromatic heterocycles. The lowest BCUT2D eigenvalue weighted by molar-refractivity contribution is -0.370. The van der Waals surface area contributed by atoms with Gasteiger partial charge in [0.2, 0.25) is 5.91 Å². The second kappa shape index (κ2) is 22.5. The van der Waals surface area contributed by atoms with E-state index in [9.17, 15) is 79.0 Å². The van der Waals surface area contributed by atoms with Gasteiger partial charge in [-0.1, -0.05) is 6.42 Å². The van der Waals surface area contributed by atoms with Crippen LogP contribution >= 0.6 is 0 Å². The molecule has 4 aliphatic rings. The van der Waals surface area contributed by atoms with Crippen LogP contribution in [0, 0.1) is 0 Å². The number of rotatable bonds is 20. The van der Waals surface area contributed by atoms with Gasteiger partial charge in [0.25, 0.3) is 0 Å². The molecule has 0 aliphatic carbocycles. The summed E-state index contributed by atoms with van der Waals surface area (Å²) in [6.07, 6.45) is -33.8. The molecule has 4 fully saturated rings. The first-order valence-electron chi connectivity index (χ1n) is 19.2. The fraction of sp³-hybridized carbons (Fsp3) is 0.909. The molecule has 0 aromatic carbocycles. The predicted octanol–water partition coefficient (Wildman–Crippen LogP) is -8.89. The number of sulfone groups is 1. The average Bonchev–Trinajstić information content (AvgIpc) is 3.19. The fourth-order valence-corrected chi connectivity index (χ4v) is 8.36. The van der Waals surface area contributed by atoms with Crippen molar-refractivity contribution in [1.82, 2.24) is 5.32 Å². The van der Waals surface area contributed by atoms with Crippen LogP contribution in [0.15, 0.2) is 0 Å². The molecule has 20 atom stereocenters. The third-order valence-corrected chi connectivity index (χ3v) is 12.2. The third kappa shape index (κ3) is 12.4. The molecule has 61 heavy (non-hydrogen) atoms. The fourth-order valence-electron chi connectivity index (χ4n) is 7.15. The van der Waals surface area contributed by atoms with Gasteiger partial charge in [0.05, 0.1) is 30.8 Å². The van der Waals surface area contributed by atoms with E-state index in [0.29, 0.717) is 19.3 Å². The lowest BCUT2D eigenvalue weighted by Gasteiger charge is -2.49. The van der Waals surface area contributed by atoms with E-state index in [4.69, 9.17) is 49.4 Å². The molecule has 4 heterocycles. The molecule has 4 saturated heterocycles. The van der Waals surface area contributed by atoms with Gasteiger partial charge >= 0.3 is 11.9 Å². The Bertz CT molecular complexity index is 1550. The number of unbranched alkanes of at least 4 members (excludes halogenated alkanes) is 2. The van der Waals surface area contributed by atoms with Crippen molar-refractivity contribution in [2.75, 3.05) is 37.9 Å². The molecule has 27 nitrogen and oxygen atoms in total. The molecule has 0 radical (unpaired) electrons. The second-order valence-electron chi connectivity index (χ2n) is 14.9. The maximum absolute atomic E-state index is 12.5. The summed E-state index contributed by atoms with van der Waals surface area (Å²) < 4.78 is 68.2. The number of carbonyl (C=O) groups is 3. The number of aliphatic hydroxyl groups excluding tert-OH is 9. The summed E-state index contributed by atoms with van der Waals surface area (Å²) in [5.74, 6) is -4.46. The van der Waals surface area contributed by atoms with Crippen LogP contribution in [0.2, 0.25) is 0 Å². The van der Waals surface area contributed by atoms with Gasteiger partial charge in [0.15, 0.2) is 47.2 Å². The van der Waals surface area contributed by atoms with Crippen LogP contribution in [-0.2, 0) is 62.1 Å². The van der Waals surface area contributed by atoms with Gasteiger partial charge < -0.3 is 111 Å². The van der Waals surface area contributed by atoms with Crippen molar-refractivity contribution in [2.24, 2.45) is 11.5 Å². The van der Waals surface area contributed by atoms with Crippen LogP contribution in [0.3, 0.4) is 0 Å². The van der Waals surface area contributed by atoms with Crippen LogP contribution in [0.4, 0.5) is 0 Å². The SMILES string of the molecule is CC(=O)N[C@H]1[C@@H](OCCCCCS(=O)(=O)CCN)O[C@H](CO)[C@@H](O[C@@H]2O[C@H](C(=O)O)[C@@H](O[C@H]3O[C@H](CO)[C@@H](O[C@@H]4O[C@@H](C(=O)O)[C@@H](O)[C@H](O)[C@H]4O)[C@H](O)[C@H]3N)[C@H](O)[C@H]2O)[C@@H]1O. The normalized spacial score (nSPS) is 42.2. The zero-order valence-electron chi connectivity index (χ0n) is 32.7. The summed E-state index contributed by atoms with van der Waals surface area (Å²) in [5.41, 5.74) is 11.4. The van der Waals surface area contributed by atoms with Crippen molar-refractivity contribution in [1.29, 1.82) is 0 Å². The van der Waals surface area contributed by atoms with Gasteiger partial charge in [0.1, 0.15) is 79.3 Å². The molecule has 0 spiro atoms. The summed E-state index contributed by atoms with van der Waals surface area (Å²) in [6, 6.07) is -3.13. The monoisotopic (exact) mass is 911 g/mol. The number of aliphatic carboxylic acids is 2. The highest BCUT2D eigenvalue weighted by molar-refractivity contribution is 7.91. The Morgan fingerprint density at radius 1 is 0.623 bits per heavy atom. The van der Waals surface area contributed by atoms with E-state index in [-0.39, 0.29) is 24.7 Å². The molecular formula is C33H57N3O24S. The summed E-state index contributed by atoms with van der Waals surface area (Å²) in [7, 11) is -3.31. The molecule has 0 unspecified atom stereocenters. The Kier molecular flexibility index (Phi) is 18.9. The summed E-state index contributed by atoms with van der Waals surface area (Å²) in [6.45, 7) is -0.795. The Morgan fingerprint density at radius 3 is 1.69 bits per heavy atom. The van der Waals surface area contributed by atoms with E-state index in [1.54, 1.807) is 0 Å². The molecule has 4 rings (SSSR count). The third-order valence-electron chi connectivity index (χ3n) is 10.4. The number of hydrogen-bond donors (Lipinski definition) is 14. The van der Waals surface area contributed by atoms with Crippen molar-refractivity contribution in [3.8, 4) is 0 Å². The molecule has 28 heteroatoms. The minimum absolute atomic E-state index is 0.00770. The predicted molar refractivity (Wildman–Crippen MR) is 194 cm³/mol. The lowest BCUT2D eigenvalue weighted by atomic mass is 9.94. The first kappa shape index (κ1) is 51.2. The summed E-state index contributed by atoms with van der Waals surface area (Å²) in [4.78, 5) is 36.1. The number of nitrogens with two attached hydrogens (primary N) is 2. The van der Waals surface area contributed by atoms with Crippen molar-refractivity contribution in [3.05, 3.63) is 0 Å². The molecule has 0 saturated carbocycles. The van der Waals surface area contributed by atoms with E-state index in [2.05, 4.69) is 5.32 Å². The van der Waals surface area contributed by atoms with Gasteiger partial charge in [-0.25, -0.2) is 18.0 Å². The molecular weight excluding hydrogens is 854 g/mol. The van der Waals surface area contributed by atoms with E-state index in [1.165, 1.54) is 0 Å². The smallest absolute Gasteiger partial charge is 0.335 e. The van der Waals surface area contributed by atoms with Crippen LogP contribution in [0.1, 0.15) is 26.2 Å². The van der Waals surface area contributed by atoms with Gasteiger partial charge in [0, 0.05) is 20.1 Å². The minimum atomic E-state index is -3.31.